The molecule has 29 heteroatoms. The summed E-state index contributed by atoms with van der Waals surface area (Å²) < 4.78 is 83.5. The molecule has 1 fully saturated rings. The number of nitrogens with two attached hydrogens (primary N) is 1. The van der Waals surface area contributed by atoms with E-state index in [2.05, 4.69) is 30.7 Å². The zero-order chi connectivity index (χ0) is 78.0. The number of hydrogen-bond donors (Lipinski definition) is 9. The average molecular weight is 1500 g/mol. The van der Waals surface area contributed by atoms with E-state index in [0.717, 1.165) is 66.6 Å². The van der Waals surface area contributed by atoms with Crippen LogP contribution in [0.15, 0.2) is 217 Å². The van der Waals surface area contributed by atoms with Gasteiger partial charge >= 0.3 is 0 Å². The highest BCUT2D eigenvalue weighted by Gasteiger charge is 2.26. The summed E-state index contributed by atoms with van der Waals surface area (Å²) in [6, 6.07) is 49.2. The molecule has 12 aromatic rings. The highest BCUT2D eigenvalue weighted by Crippen LogP contribution is 2.29. The molecule has 10 N–H and O–H groups in total. The third-order valence-corrected chi connectivity index (χ3v) is 18.5. The molecule has 0 saturated carbocycles. The normalized spacial score (nSPS) is 12.3. The van der Waals surface area contributed by atoms with Gasteiger partial charge in [0.05, 0.1) is 76.4 Å². The molecule has 0 aliphatic carbocycles. The maximum absolute atomic E-state index is 13.3. The first-order chi connectivity index (χ1) is 53.2. The number of morpholine rings is 1. The van der Waals surface area contributed by atoms with Gasteiger partial charge in [0.2, 0.25) is 23.8 Å². The van der Waals surface area contributed by atoms with Crippen LogP contribution in [0.4, 0.5) is 17.6 Å². The number of rotatable bonds is 19. The topological polar surface area (TPSA) is 330 Å². The Labute approximate surface area is 629 Å². The molecular formula is C81H84F4N16O9. The third kappa shape index (κ3) is 19.1. The summed E-state index contributed by atoms with van der Waals surface area (Å²) in [6.45, 7) is 3.54. The first-order valence-electron chi connectivity index (χ1n) is 35.3. The van der Waals surface area contributed by atoms with Crippen molar-refractivity contribution < 1.29 is 40.9 Å². The van der Waals surface area contributed by atoms with E-state index in [9.17, 15) is 36.7 Å². The minimum Gasteiger partial charge on any atom is -0.497 e. The van der Waals surface area contributed by atoms with Crippen LogP contribution < -0.4 is 47.5 Å². The van der Waals surface area contributed by atoms with Crippen LogP contribution in [-0.2, 0) is 56.1 Å². The predicted molar refractivity (Wildman–Crippen MR) is 414 cm³/mol. The maximum atomic E-state index is 13.3. The SMILES string of the molecule is COc1ccc(-c2[nH]n(C(=N)N(C)C)c(=O)c2CCc2ccc(F)cc2)cc1.COc1ccc(-c2[nH]n(C(=N)N3CCOCC3)c(=O)c2CCc2ccc(F)cc2)cc1.COc1ccc(-c2[nH]n(C3=NCCN3)c(=O)c2CCc2ccc(F)cc2)cc1.N=C(N)n1[nH]c(-c2ccoc2)c(CCc2ccc(F)cc2)c1=O. The summed E-state index contributed by atoms with van der Waals surface area (Å²) in [5, 5.41) is 39.6. The Morgan fingerprint density at radius 2 is 0.818 bits per heavy atom. The molecule has 110 heavy (non-hydrogen) atoms. The molecule has 7 aromatic carbocycles. The highest BCUT2D eigenvalue weighted by molar-refractivity contribution is 5.84. The van der Waals surface area contributed by atoms with Crippen molar-refractivity contribution in [2.45, 2.75) is 51.4 Å². The number of methoxy groups -OCH3 is 3. The molecule has 1 saturated heterocycles. The summed E-state index contributed by atoms with van der Waals surface area (Å²) in [5.74, 6) is 1.37. The fourth-order valence-corrected chi connectivity index (χ4v) is 12.4. The van der Waals surface area contributed by atoms with Crippen LogP contribution in [0, 0.1) is 39.5 Å². The summed E-state index contributed by atoms with van der Waals surface area (Å²) in [6.07, 6.45) is 7.28. The van der Waals surface area contributed by atoms with Gasteiger partial charge in [0.25, 0.3) is 22.2 Å². The second-order valence-electron chi connectivity index (χ2n) is 25.8. The van der Waals surface area contributed by atoms with Gasteiger partial charge in [0.15, 0.2) is 0 Å². The van der Waals surface area contributed by atoms with Gasteiger partial charge in [-0.1, -0.05) is 48.5 Å². The second kappa shape index (κ2) is 36.4. The van der Waals surface area contributed by atoms with E-state index in [1.807, 2.05) is 77.7 Å². The number of aromatic amines is 4. The Bertz CT molecular complexity index is 5380. The van der Waals surface area contributed by atoms with Crippen molar-refractivity contribution in [3.8, 4) is 62.3 Å². The van der Waals surface area contributed by atoms with E-state index < -0.39 is 0 Å². The molecule has 0 atom stereocenters. The first-order valence-corrected chi connectivity index (χ1v) is 35.3. The van der Waals surface area contributed by atoms with E-state index in [4.69, 9.17) is 45.3 Å². The van der Waals surface area contributed by atoms with Crippen molar-refractivity contribution in [2.75, 3.05) is 74.8 Å². The molecule has 0 unspecified atom stereocenters. The summed E-state index contributed by atoms with van der Waals surface area (Å²) >= 11 is 0. The first kappa shape index (κ1) is 77.9. The zero-order valence-corrected chi connectivity index (χ0v) is 61.2. The smallest absolute Gasteiger partial charge is 0.277 e. The molecule has 0 spiro atoms. The Balaban J connectivity index is 0.000000146. The van der Waals surface area contributed by atoms with Gasteiger partial charge in [-0.25, -0.2) is 22.6 Å². The lowest BCUT2D eigenvalue weighted by Crippen LogP contribution is -2.46. The Kier molecular flexibility index (Phi) is 25.8. The molecule has 25 nitrogen and oxygen atoms in total. The number of nitrogens with zero attached hydrogens (tertiary/aromatic N) is 7. The molecule has 570 valence electrons. The van der Waals surface area contributed by atoms with Crippen molar-refractivity contribution in [3.63, 3.8) is 0 Å². The lowest BCUT2D eigenvalue weighted by molar-refractivity contribution is 0.0659. The molecule has 0 radical (unpaired) electrons. The minimum atomic E-state index is -0.382. The van der Waals surface area contributed by atoms with E-state index >= 15 is 0 Å². The number of aliphatic imine (C=N–C) groups is 1. The van der Waals surface area contributed by atoms with Crippen LogP contribution in [0.5, 0.6) is 17.2 Å². The standard InChI is InChI=1S/C23H25FN4O3.C21H21FN4O2.C21H23FN4O2.C16H15FN4O2/c1-30-19-9-5-17(6-10-19)21-20(11-4-16-2-7-18(24)8-3-16)22(29)28(26-21)23(25)27-12-14-31-15-13-27;1-28-17-9-5-15(6-10-17)19-18(11-4-14-2-7-16(22)8-3-14)20(27)26(25-19)21-23-12-13-24-21;1-25(2)21(23)26-20(27)18(13-6-14-4-9-16(22)10-5-14)19(24-26)15-7-11-17(28-3)12-8-15;17-12-4-1-10(2-5-12)3-6-13-14(11-7-8-23-9-11)20-21(15(13)22)16(18)19/h2-3,5-10,25-26H,4,11-15H2,1H3;2-3,5-10,25H,4,11-13H2,1H3,(H,23,24);4-5,7-12,23-24H,6,13H2,1-3H3;1-2,4-5,7-9,20H,3,6H2,(H3,18,19). The van der Waals surface area contributed by atoms with Crippen LogP contribution in [-0.4, -0.2) is 148 Å². The maximum Gasteiger partial charge on any atom is 0.277 e. The van der Waals surface area contributed by atoms with Crippen LogP contribution in [0.1, 0.15) is 44.5 Å². The molecule has 7 heterocycles. The number of ether oxygens (including phenoxy) is 4. The Hall–Kier alpha value is -13.2. The molecule has 5 aromatic heterocycles. The molecule has 14 rings (SSSR count). The van der Waals surface area contributed by atoms with Crippen molar-refractivity contribution in [1.29, 1.82) is 16.2 Å². The van der Waals surface area contributed by atoms with Gasteiger partial charge in [-0.05, 0) is 201 Å². The number of benzene rings is 7. The van der Waals surface area contributed by atoms with Crippen LogP contribution in [0.2, 0.25) is 0 Å². The fraction of sp³-hybridized carbons (Fsp3) is 0.235. The molecular weight excluding hydrogens is 1420 g/mol. The number of aryl methyl sites for hydroxylation is 4. The molecule has 0 bridgehead atoms. The minimum absolute atomic E-state index is 0.0489. The molecule has 0 amide bonds. The van der Waals surface area contributed by atoms with Gasteiger partial charge in [0.1, 0.15) is 40.5 Å². The Morgan fingerprint density at radius 1 is 0.464 bits per heavy atom. The third-order valence-electron chi connectivity index (χ3n) is 18.5. The van der Waals surface area contributed by atoms with Gasteiger partial charge in [0, 0.05) is 78.2 Å². The lowest BCUT2D eigenvalue weighted by atomic mass is 10.0. The molecule has 2 aliphatic heterocycles. The highest BCUT2D eigenvalue weighted by atomic mass is 19.1. The average Bonchev–Trinajstić information content (AvgIpc) is 1.15. The van der Waals surface area contributed by atoms with Gasteiger partial charge in [-0.15, -0.1) is 0 Å². The number of H-pyrrole nitrogens is 4. The van der Waals surface area contributed by atoms with E-state index in [0.29, 0.717) is 142 Å². The van der Waals surface area contributed by atoms with E-state index in [-0.39, 0.29) is 63.4 Å². The number of furan rings is 1. The van der Waals surface area contributed by atoms with E-state index in [1.54, 1.807) is 94.9 Å². The monoisotopic (exact) mass is 1500 g/mol. The molecule has 2 aliphatic rings. The fourth-order valence-electron chi connectivity index (χ4n) is 12.4. The largest absolute Gasteiger partial charge is 0.497 e. The van der Waals surface area contributed by atoms with Gasteiger partial charge in [-0.2, -0.15) is 18.7 Å². The summed E-state index contributed by atoms with van der Waals surface area (Å²) in [5.41, 5.74) is 16.5. The van der Waals surface area contributed by atoms with Gasteiger partial charge in [-0.3, -0.25) is 55.8 Å². The van der Waals surface area contributed by atoms with Crippen molar-refractivity contribution in [3.05, 3.63) is 298 Å². The van der Waals surface area contributed by atoms with Crippen molar-refractivity contribution in [2.24, 2.45) is 10.7 Å². The van der Waals surface area contributed by atoms with Crippen LogP contribution >= 0.6 is 0 Å². The number of hydrogen-bond acceptors (Lipinski definition) is 14. The van der Waals surface area contributed by atoms with Crippen molar-refractivity contribution >= 4 is 23.8 Å². The van der Waals surface area contributed by atoms with Crippen LogP contribution in [0.25, 0.3) is 45.0 Å². The van der Waals surface area contributed by atoms with Crippen LogP contribution in [0.3, 0.4) is 0 Å². The van der Waals surface area contributed by atoms with E-state index in [1.165, 1.54) is 75.1 Å². The predicted octanol–water partition coefficient (Wildman–Crippen LogP) is 10.7. The summed E-state index contributed by atoms with van der Waals surface area (Å²) in [4.78, 5) is 59.5. The Morgan fingerprint density at radius 3 is 1.17 bits per heavy atom. The zero-order valence-electron chi connectivity index (χ0n) is 61.2. The number of nitrogen functional groups attached to an aromatic ring is 1. The second-order valence-corrected chi connectivity index (χ2v) is 25.8. The van der Waals surface area contributed by atoms with Crippen molar-refractivity contribution in [1.82, 2.24) is 54.2 Å². The number of halogens is 4. The number of nitrogens with one attached hydrogen (secondary N) is 8. The summed E-state index contributed by atoms with van der Waals surface area (Å²) in [7, 11) is 8.23. The quantitative estimate of drug-likeness (QED) is 0.0207. The lowest BCUT2D eigenvalue weighted by Gasteiger charge is -2.28. The van der Waals surface area contributed by atoms with Gasteiger partial charge < -0.3 is 44.2 Å². The number of aromatic nitrogens is 8.